The number of carbonyl (C=O) groups is 1. The van der Waals surface area contributed by atoms with Gasteiger partial charge in [-0.05, 0) is 48.2 Å². The molecule has 0 fully saturated rings. The van der Waals surface area contributed by atoms with Gasteiger partial charge in [0, 0.05) is 21.5 Å². The minimum Gasteiger partial charge on any atom is -0.505 e. The van der Waals surface area contributed by atoms with Crippen LogP contribution in [0.15, 0.2) is 75.8 Å². The van der Waals surface area contributed by atoms with Crippen molar-refractivity contribution in [2.75, 3.05) is 12.4 Å². The summed E-state index contributed by atoms with van der Waals surface area (Å²) < 4.78 is 38.7. The van der Waals surface area contributed by atoms with Gasteiger partial charge >= 0.3 is 0 Å². The largest absolute Gasteiger partial charge is 0.505 e. The molecule has 0 heterocycles. The van der Waals surface area contributed by atoms with E-state index in [9.17, 15) is 22.9 Å². The van der Waals surface area contributed by atoms with Crippen LogP contribution in [0.4, 0.5) is 17.1 Å². The SMILES string of the molecule is COc1cc(Cl)ccc1NC(=O)c1cc2ccccc2c(N=Nc2c(C)cc(Cl)cc2S(=O)(=O)O)c1O. The predicted octanol–water partition coefficient (Wildman–Crippen LogP) is 7.08. The highest BCUT2D eigenvalue weighted by molar-refractivity contribution is 7.86. The fourth-order valence-corrected chi connectivity index (χ4v) is 4.90. The Bertz CT molecular complexity index is 1690. The lowest BCUT2D eigenvalue weighted by Crippen LogP contribution is -2.13. The van der Waals surface area contributed by atoms with E-state index < -0.39 is 26.7 Å². The van der Waals surface area contributed by atoms with Gasteiger partial charge in [-0.15, -0.1) is 10.2 Å². The first-order valence-electron chi connectivity index (χ1n) is 10.6. The molecule has 0 aliphatic heterocycles. The Morgan fingerprint density at radius 1 is 0.973 bits per heavy atom. The molecule has 0 unspecified atom stereocenters. The molecule has 12 heteroatoms. The maximum atomic E-state index is 13.2. The Morgan fingerprint density at radius 3 is 2.38 bits per heavy atom. The first kappa shape index (κ1) is 26.4. The topological polar surface area (TPSA) is 138 Å². The number of aryl methyl sites for hydroxylation is 1. The van der Waals surface area contributed by atoms with Crippen molar-refractivity contribution in [3.63, 3.8) is 0 Å². The number of rotatable bonds is 6. The Morgan fingerprint density at radius 2 is 1.68 bits per heavy atom. The number of carbonyl (C=O) groups excluding carboxylic acids is 1. The van der Waals surface area contributed by atoms with Crippen molar-refractivity contribution < 1.29 is 27.6 Å². The summed E-state index contributed by atoms with van der Waals surface area (Å²) in [6.45, 7) is 1.54. The zero-order valence-corrected chi connectivity index (χ0v) is 21.7. The maximum absolute atomic E-state index is 13.2. The van der Waals surface area contributed by atoms with E-state index in [1.165, 1.54) is 32.2 Å². The number of anilines is 1. The summed E-state index contributed by atoms with van der Waals surface area (Å²) in [5, 5.41) is 23.4. The van der Waals surface area contributed by atoms with Crippen molar-refractivity contribution in [2.45, 2.75) is 11.8 Å². The molecule has 0 aromatic heterocycles. The van der Waals surface area contributed by atoms with Crippen LogP contribution < -0.4 is 10.1 Å². The van der Waals surface area contributed by atoms with E-state index in [0.717, 1.165) is 6.07 Å². The number of methoxy groups -OCH3 is 1. The molecular weight excluding hydrogens is 541 g/mol. The third-order valence-electron chi connectivity index (χ3n) is 5.41. The van der Waals surface area contributed by atoms with E-state index in [1.54, 1.807) is 36.4 Å². The molecule has 0 spiro atoms. The standard InChI is InChI=1S/C25H19Cl2N3O6S/c1-13-9-16(27)12-21(37(33,34)35)22(13)29-30-23-17-6-4-3-5-14(17)10-18(24(23)31)25(32)28-19-8-7-15(26)11-20(19)36-2/h3-12,31H,1-2H3,(H,28,32)(H,33,34,35). The van der Waals surface area contributed by atoms with Gasteiger partial charge in [0.15, 0.2) is 5.75 Å². The van der Waals surface area contributed by atoms with Crippen molar-refractivity contribution in [2.24, 2.45) is 10.2 Å². The number of phenols is 1. The Labute approximate surface area is 222 Å². The highest BCUT2D eigenvalue weighted by Crippen LogP contribution is 2.41. The summed E-state index contributed by atoms with van der Waals surface area (Å²) in [4.78, 5) is 12.6. The minimum absolute atomic E-state index is 0.0775. The van der Waals surface area contributed by atoms with Gasteiger partial charge in [0.1, 0.15) is 22.0 Å². The number of halogens is 2. The normalized spacial score (nSPS) is 11.7. The molecule has 0 atom stereocenters. The summed E-state index contributed by atoms with van der Waals surface area (Å²) in [7, 11) is -3.26. The number of ether oxygens (including phenoxy) is 1. The van der Waals surface area contributed by atoms with E-state index in [-0.39, 0.29) is 22.0 Å². The number of amides is 1. The fraction of sp³-hybridized carbons (Fsp3) is 0.0800. The van der Waals surface area contributed by atoms with Crippen molar-refractivity contribution in [3.8, 4) is 11.5 Å². The number of nitrogens with one attached hydrogen (secondary N) is 1. The van der Waals surface area contributed by atoms with E-state index in [0.29, 0.717) is 32.8 Å². The van der Waals surface area contributed by atoms with E-state index in [2.05, 4.69) is 15.5 Å². The number of azo groups is 1. The van der Waals surface area contributed by atoms with Crippen molar-refractivity contribution >= 4 is 67.1 Å². The zero-order chi connectivity index (χ0) is 26.9. The Kier molecular flexibility index (Phi) is 7.37. The lowest BCUT2D eigenvalue weighted by molar-refractivity contribution is 0.102. The molecule has 0 aliphatic carbocycles. The quantitative estimate of drug-likeness (QED) is 0.170. The monoisotopic (exact) mass is 559 g/mol. The lowest BCUT2D eigenvalue weighted by Gasteiger charge is -2.13. The number of aromatic hydroxyl groups is 1. The summed E-state index contributed by atoms with van der Waals surface area (Å²) in [5.74, 6) is -0.841. The fourth-order valence-electron chi connectivity index (χ4n) is 3.68. The van der Waals surface area contributed by atoms with E-state index in [4.69, 9.17) is 27.9 Å². The van der Waals surface area contributed by atoms with Crippen LogP contribution in [0.1, 0.15) is 15.9 Å². The molecule has 9 nitrogen and oxygen atoms in total. The second-order valence-corrected chi connectivity index (χ2v) is 10.1. The van der Waals surface area contributed by atoms with Crippen LogP contribution in [0.25, 0.3) is 10.8 Å². The van der Waals surface area contributed by atoms with Gasteiger partial charge in [-0.25, -0.2) is 0 Å². The molecular formula is C25H19Cl2N3O6S. The molecule has 190 valence electrons. The second-order valence-electron chi connectivity index (χ2n) is 7.89. The molecule has 4 aromatic carbocycles. The minimum atomic E-state index is -4.69. The highest BCUT2D eigenvalue weighted by Gasteiger charge is 2.22. The Balaban J connectivity index is 1.85. The van der Waals surface area contributed by atoms with Crippen LogP contribution in [0.2, 0.25) is 10.0 Å². The summed E-state index contributed by atoms with van der Waals surface area (Å²) >= 11 is 11.9. The van der Waals surface area contributed by atoms with Gasteiger partial charge < -0.3 is 15.2 Å². The third kappa shape index (κ3) is 5.52. The van der Waals surface area contributed by atoms with Crippen LogP contribution in [-0.4, -0.2) is 31.1 Å². The predicted molar refractivity (Wildman–Crippen MR) is 142 cm³/mol. The molecule has 1 amide bonds. The molecule has 0 saturated carbocycles. The number of benzene rings is 4. The van der Waals surface area contributed by atoms with Crippen LogP contribution >= 0.6 is 23.2 Å². The number of fused-ring (bicyclic) bond motifs is 1. The van der Waals surface area contributed by atoms with Crippen molar-refractivity contribution in [3.05, 3.63) is 81.8 Å². The van der Waals surface area contributed by atoms with Crippen LogP contribution in [0.5, 0.6) is 11.5 Å². The lowest BCUT2D eigenvalue weighted by atomic mass is 10.0. The van der Waals surface area contributed by atoms with Gasteiger partial charge in [0.2, 0.25) is 0 Å². The number of hydrogen-bond donors (Lipinski definition) is 3. The smallest absolute Gasteiger partial charge is 0.296 e. The second kappa shape index (κ2) is 10.3. The summed E-state index contributed by atoms with van der Waals surface area (Å²) in [5.41, 5.74) is 0.268. The summed E-state index contributed by atoms with van der Waals surface area (Å²) in [6, 6.07) is 15.4. The van der Waals surface area contributed by atoms with Gasteiger partial charge in [-0.3, -0.25) is 9.35 Å². The summed E-state index contributed by atoms with van der Waals surface area (Å²) in [6.07, 6.45) is 0. The van der Waals surface area contributed by atoms with Gasteiger partial charge in [0.25, 0.3) is 16.0 Å². The van der Waals surface area contributed by atoms with Crippen LogP contribution in [0, 0.1) is 6.92 Å². The maximum Gasteiger partial charge on any atom is 0.296 e. The molecule has 0 radical (unpaired) electrons. The number of phenolic OH excluding ortho intramolecular Hbond substituents is 1. The first-order chi connectivity index (χ1) is 17.5. The average molecular weight is 560 g/mol. The molecule has 37 heavy (non-hydrogen) atoms. The van der Waals surface area contributed by atoms with E-state index >= 15 is 0 Å². The highest BCUT2D eigenvalue weighted by atomic mass is 35.5. The van der Waals surface area contributed by atoms with Crippen molar-refractivity contribution in [1.82, 2.24) is 0 Å². The molecule has 4 rings (SSSR count). The molecule has 0 saturated heterocycles. The number of nitrogens with zero attached hydrogens (tertiary/aromatic N) is 2. The van der Waals surface area contributed by atoms with Gasteiger partial charge in [-0.1, -0.05) is 47.5 Å². The zero-order valence-electron chi connectivity index (χ0n) is 19.4. The molecule has 3 N–H and O–H groups in total. The van der Waals surface area contributed by atoms with Gasteiger partial charge in [-0.2, -0.15) is 8.42 Å². The molecule has 0 aliphatic rings. The van der Waals surface area contributed by atoms with Crippen molar-refractivity contribution in [1.29, 1.82) is 0 Å². The van der Waals surface area contributed by atoms with Crippen LogP contribution in [-0.2, 0) is 10.1 Å². The third-order valence-corrected chi connectivity index (χ3v) is 6.73. The average Bonchev–Trinajstić information content (AvgIpc) is 2.84. The van der Waals surface area contributed by atoms with Gasteiger partial charge in [0.05, 0.1) is 18.4 Å². The first-order valence-corrected chi connectivity index (χ1v) is 12.8. The van der Waals surface area contributed by atoms with E-state index in [1.807, 2.05) is 0 Å². The Hall–Kier alpha value is -3.70. The molecule has 4 aromatic rings. The molecule has 0 bridgehead atoms. The number of hydrogen-bond acceptors (Lipinski definition) is 7. The van der Waals surface area contributed by atoms with Crippen LogP contribution in [0.3, 0.4) is 0 Å².